The van der Waals surface area contributed by atoms with Crippen LogP contribution in [0, 0.1) is 6.92 Å². The molecule has 0 aliphatic carbocycles. The maximum atomic E-state index is 4.63. The highest BCUT2D eigenvalue weighted by Gasteiger charge is 2.22. The number of guanidine groups is 1. The molecule has 2 heterocycles. The molecule has 3 aromatic rings. The maximum absolute atomic E-state index is 4.63. The number of nitrogens with zero attached hydrogens (tertiary/aromatic N) is 4. The molecule has 1 aliphatic heterocycles. The van der Waals surface area contributed by atoms with Gasteiger partial charge in [0.2, 0.25) is 0 Å². The van der Waals surface area contributed by atoms with E-state index in [1.165, 1.54) is 16.8 Å². The Morgan fingerprint density at radius 1 is 1.15 bits per heavy atom. The molecule has 4 rings (SSSR count). The molecule has 0 bridgehead atoms. The molecule has 2 aromatic carbocycles. The molecule has 0 saturated heterocycles. The number of hydrogen-bond donors (Lipinski definition) is 1. The molecular formula is C20H24IN5. The van der Waals surface area contributed by atoms with Crippen LogP contribution < -0.4 is 10.2 Å². The number of para-hydroxylation sites is 3. The quantitative estimate of drug-likeness (QED) is 0.369. The Kier molecular flexibility index (Phi) is 5.80. The van der Waals surface area contributed by atoms with Gasteiger partial charge in [-0.3, -0.25) is 4.99 Å². The number of aliphatic imine (C=N–C) groups is 1. The first kappa shape index (κ1) is 18.7. The van der Waals surface area contributed by atoms with Gasteiger partial charge in [-0.05, 0) is 37.1 Å². The van der Waals surface area contributed by atoms with Gasteiger partial charge in [0, 0.05) is 32.4 Å². The van der Waals surface area contributed by atoms with Crippen molar-refractivity contribution >= 4 is 46.7 Å². The lowest BCUT2D eigenvalue weighted by Gasteiger charge is -2.22. The van der Waals surface area contributed by atoms with Crippen LogP contribution in [0.2, 0.25) is 0 Å². The van der Waals surface area contributed by atoms with E-state index < -0.39 is 0 Å². The van der Waals surface area contributed by atoms with E-state index in [0.29, 0.717) is 0 Å². The molecule has 0 fully saturated rings. The van der Waals surface area contributed by atoms with Gasteiger partial charge in [-0.15, -0.1) is 24.0 Å². The number of aromatic nitrogens is 2. The van der Waals surface area contributed by atoms with Crippen LogP contribution in [0.1, 0.15) is 11.4 Å². The molecule has 0 radical (unpaired) electrons. The van der Waals surface area contributed by atoms with Gasteiger partial charge in [0.1, 0.15) is 5.82 Å². The average Bonchev–Trinajstić information content (AvgIpc) is 3.20. The Morgan fingerprint density at radius 3 is 2.77 bits per heavy atom. The van der Waals surface area contributed by atoms with Crippen molar-refractivity contribution in [3.05, 3.63) is 59.9 Å². The summed E-state index contributed by atoms with van der Waals surface area (Å²) < 4.78 is 2.26. The third-order valence-electron chi connectivity index (χ3n) is 4.82. The highest BCUT2D eigenvalue weighted by molar-refractivity contribution is 14.0. The summed E-state index contributed by atoms with van der Waals surface area (Å²) >= 11 is 0. The minimum Gasteiger partial charge on any atom is -0.354 e. The van der Waals surface area contributed by atoms with Crippen molar-refractivity contribution in [2.45, 2.75) is 19.9 Å². The molecule has 5 nitrogen and oxygen atoms in total. The molecule has 1 aliphatic rings. The Morgan fingerprint density at radius 2 is 1.92 bits per heavy atom. The zero-order chi connectivity index (χ0) is 17.2. The van der Waals surface area contributed by atoms with Crippen molar-refractivity contribution in [1.29, 1.82) is 0 Å². The average molecular weight is 461 g/mol. The smallest absolute Gasteiger partial charge is 0.198 e. The molecule has 1 aromatic heterocycles. The predicted molar refractivity (Wildman–Crippen MR) is 119 cm³/mol. The number of rotatable bonds is 3. The lowest BCUT2D eigenvalue weighted by Crippen LogP contribution is -2.41. The van der Waals surface area contributed by atoms with Gasteiger partial charge in [0.15, 0.2) is 5.96 Å². The summed E-state index contributed by atoms with van der Waals surface area (Å²) in [6.07, 6.45) is 1.07. The third-order valence-corrected chi connectivity index (χ3v) is 4.82. The summed E-state index contributed by atoms with van der Waals surface area (Å²) in [5, 5.41) is 3.51. The second-order valence-electron chi connectivity index (χ2n) is 6.30. The topological polar surface area (TPSA) is 45.5 Å². The molecular weight excluding hydrogens is 437 g/mol. The van der Waals surface area contributed by atoms with Crippen LogP contribution in [0.3, 0.4) is 0 Å². The SMILES string of the molecule is CN=C(NCCn1c(C)nc2ccccc21)N1CCc2ccccc21.I. The number of anilines is 1. The fourth-order valence-corrected chi connectivity index (χ4v) is 3.61. The van der Waals surface area contributed by atoms with Crippen molar-refractivity contribution in [2.24, 2.45) is 4.99 Å². The minimum absolute atomic E-state index is 0. The van der Waals surface area contributed by atoms with Gasteiger partial charge in [-0.2, -0.15) is 0 Å². The molecule has 0 unspecified atom stereocenters. The fourth-order valence-electron chi connectivity index (χ4n) is 3.61. The summed E-state index contributed by atoms with van der Waals surface area (Å²) in [5.41, 5.74) is 4.89. The van der Waals surface area contributed by atoms with Crippen LogP contribution >= 0.6 is 24.0 Å². The number of nitrogens with one attached hydrogen (secondary N) is 1. The summed E-state index contributed by atoms with van der Waals surface area (Å²) in [6.45, 7) is 4.71. The maximum Gasteiger partial charge on any atom is 0.198 e. The highest BCUT2D eigenvalue weighted by Crippen LogP contribution is 2.27. The lowest BCUT2D eigenvalue weighted by atomic mass is 10.2. The van der Waals surface area contributed by atoms with E-state index in [-0.39, 0.29) is 24.0 Å². The van der Waals surface area contributed by atoms with E-state index in [1.54, 1.807) is 0 Å². The molecule has 0 atom stereocenters. The first-order chi connectivity index (χ1) is 12.3. The number of fused-ring (bicyclic) bond motifs is 2. The zero-order valence-electron chi connectivity index (χ0n) is 15.1. The van der Waals surface area contributed by atoms with E-state index >= 15 is 0 Å². The van der Waals surface area contributed by atoms with E-state index in [1.807, 2.05) is 13.1 Å². The molecule has 1 N–H and O–H groups in total. The Bertz CT molecular complexity index is 931. The van der Waals surface area contributed by atoms with Crippen molar-refractivity contribution in [3.8, 4) is 0 Å². The molecule has 136 valence electrons. The third kappa shape index (κ3) is 3.42. The zero-order valence-corrected chi connectivity index (χ0v) is 17.5. The molecule has 0 spiro atoms. The first-order valence-electron chi connectivity index (χ1n) is 8.76. The summed E-state index contributed by atoms with van der Waals surface area (Å²) in [4.78, 5) is 11.4. The van der Waals surface area contributed by atoms with E-state index in [9.17, 15) is 0 Å². The fraction of sp³-hybridized carbons (Fsp3) is 0.300. The predicted octanol–water partition coefficient (Wildman–Crippen LogP) is 3.60. The van der Waals surface area contributed by atoms with Gasteiger partial charge in [0.05, 0.1) is 11.0 Å². The van der Waals surface area contributed by atoms with Gasteiger partial charge in [0.25, 0.3) is 0 Å². The molecule has 6 heteroatoms. The Hall–Kier alpha value is -2.09. The minimum atomic E-state index is 0. The molecule has 0 amide bonds. The summed E-state index contributed by atoms with van der Waals surface area (Å²) in [7, 11) is 1.85. The number of hydrogen-bond acceptors (Lipinski definition) is 2. The standard InChI is InChI=1S/C20H23N5.HI/c1-15-23-17-8-4-6-10-19(17)24(15)14-12-22-20(21-2)25-13-11-16-7-3-5-9-18(16)25;/h3-10H,11-14H2,1-2H3,(H,21,22);1H. The lowest BCUT2D eigenvalue weighted by molar-refractivity contribution is 0.666. The van der Waals surface area contributed by atoms with Gasteiger partial charge >= 0.3 is 0 Å². The Balaban J connectivity index is 0.00000196. The van der Waals surface area contributed by atoms with Crippen LogP contribution in [0.15, 0.2) is 53.5 Å². The number of aryl methyl sites for hydroxylation is 1. The van der Waals surface area contributed by atoms with Crippen molar-refractivity contribution < 1.29 is 0 Å². The second-order valence-corrected chi connectivity index (χ2v) is 6.30. The van der Waals surface area contributed by atoms with Crippen LogP contribution in [-0.4, -0.2) is 35.6 Å². The van der Waals surface area contributed by atoms with Crippen molar-refractivity contribution in [3.63, 3.8) is 0 Å². The normalized spacial score (nSPS) is 13.6. The van der Waals surface area contributed by atoms with Crippen LogP contribution in [0.25, 0.3) is 11.0 Å². The van der Waals surface area contributed by atoms with E-state index in [0.717, 1.165) is 43.4 Å². The van der Waals surface area contributed by atoms with Gasteiger partial charge in [-0.1, -0.05) is 30.3 Å². The van der Waals surface area contributed by atoms with Crippen LogP contribution in [0.5, 0.6) is 0 Å². The van der Waals surface area contributed by atoms with E-state index in [2.05, 4.69) is 74.1 Å². The van der Waals surface area contributed by atoms with E-state index in [4.69, 9.17) is 0 Å². The molecule has 26 heavy (non-hydrogen) atoms. The van der Waals surface area contributed by atoms with Gasteiger partial charge < -0.3 is 14.8 Å². The highest BCUT2D eigenvalue weighted by atomic mass is 127. The van der Waals surface area contributed by atoms with Crippen molar-refractivity contribution in [1.82, 2.24) is 14.9 Å². The number of halogens is 1. The summed E-state index contributed by atoms with van der Waals surface area (Å²) in [6, 6.07) is 16.8. The van der Waals surface area contributed by atoms with Crippen LogP contribution in [0.4, 0.5) is 5.69 Å². The van der Waals surface area contributed by atoms with Gasteiger partial charge in [-0.25, -0.2) is 4.98 Å². The second kappa shape index (κ2) is 8.07. The number of imidazole rings is 1. The van der Waals surface area contributed by atoms with Crippen molar-refractivity contribution in [2.75, 3.05) is 25.0 Å². The number of benzene rings is 2. The largest absolute Gasteiger partial charge is 0.354 e. The summed E-state index contributed by atoms with van der Waals surface area (Å²) in [5.74, 6) is 1.98. The molecule has 0 saturated carbocycles. The van der Waals surface area contributed by atoms with Crippen LogP contribution in [-0.2, 0) is 13.0 Å². The Labute approximate surface area is 171 Å². The first-order valence-corrected chi connectivity index (χ1v) is 8.76. The monoisotopic (exact) mass is 461 g/mol.